The number of aryl methyl sites for hydroxylation is 1. The Kier molecular flexibility index (Phi) is 5.14. The van der Waals surface area contributed by atoms with Crippen LogP contribution in [0.1, 0.15) is 5.56 Å². The lowest BCUT2D eigenvalue weighted by Gasteiger charge is -2.07. The number of carbonyl (C=O) groups excluding carboxylic acids is 1. The molecule has 0 heterocycles. The summed E-state index contributed by atoms with van der Waals surface area (Å²) in [5.74, 6) is 1.07. The molecule has 1 rings (SSSR count). The molecule has 1 aromatic carbocycles. The number of rotatable bonds is 5. The van der Waals surface area contributed by atoms with Gasteiger partial charge in [-0.15, -0.1) is 0 Å². The third-order valence-electron chi connectivity index (χ3n) is 1.92. The number of aromatic hydroxyl groups is 1. The summed E-state index contributed by atoms with van der Waals surface area (Å²) in [6.07, 6.45) is 0. The highest BCUT2D eigenvalue weighted by Gasteiger charge is 2.06. The molecule has 0 aliphatic carbocycles. The Labute approximate surface area is 99.2 Å². The first-order valence-corrected chi connectivity index (χ1v) is 6.16. The van der Waals surface area contributed by atoms with Crippen molar-refractivity contribution in [2.45, 2.75) is 6.92 Å². The number of thioether (sulfide) groups is 1. The minimum atomic E-state index is -0.126. The molecule has 0 aliphatic heterocycles. The Morgan fingerprint density at radius 1 is 1.56 bits per heavy atom. The van der Waals surface area contributed by atoms with Crippen LogP contribution in [0.4, 0.5) is 5.69 Å². The van der Waals surface area contributed by atoms with Crippen LogP contribution in [0.15, 0.2) is 18.2 Å². The van der Waals surface area contributed by atoms with Crippen molar-refractivity contribution in [3.8, 4) is 5.75 Å². The number of hydrogen-bond acceptors (Lipinski definition) is 4. The van der Waals surface area contributed by atoms with Gasteiger partial charge < -0.3 is 16.2 Å². The number of benzene rings is 1. The molecule has 0 unspecified atom stereocenters. The molecular formula is C11H16N2O2S. The minimum Gasteiger partial charge on any atom is -0.506 e. The van der Waals surface area contributed by atoms with Crippen LogP contribution in [0.3, 0.4) is 0 Å². The molecule has 0 spiro atoms. The van der Waals surface area contributed by atoms with Crippen molar-refractivity contribution < 1.29 is 9.90 Å². The number of phenolic OH excluding ortho intramolecular Hbond substituents is 1. The molecular weight excluding hydrogens is 224 g/mol. The van der Waals surface area contributed by atoms with Gasteiger partial charge >= 0.3 is 0 Å². The molecule has 0 saturated heterocycles. The maximum absolute atomic E-state index is 11.5. The molecule has 0 aromatic heterocycles. The van der Waals surface area contributed by atoms with Crippen molar-refractivity contribution in [2.24, 2.45) is 5.73 Å². The zero-order valence-electron chi connectivity index (χ0n) is 9.19. The van der Waals surface area contributed by atoms with Gasteiger partial charge in [0, 0.05) is 12.3 Å². The predicted octanol–water partition coefficient (Wildman–Crippen LogP) is 1.33. The molecule has 0 bridgehead atoms. The van der Waals surface area contributed by atoms with E-state index < -0.39 is 0 Å². The van der Waals surface area contributed by atoms with Gasteiger partial charge in [-0.1, -0.05) is 6.07 Å². The fourth-order valence-electron chi connectivity index (χ4n) is 1.18. The third-order valence-corrected chi connectivity index (χ3v) is 2.91. The third kappa shape index (κ3) is 4.12. The summed E-state index contributed by atoms with van der Waals surface area (Å²) in [5.41, 5.74) is 6.76. The van der Waals surface area contributed by atoms with E-state index in [1.807, 2.05) is 6.92 Å². The lowest BCUT2D eigenvalue weighted by molar-refractivity contribution is -0.113. The average Bonchev–Trinajstić information content (AvgIpc) is 2.24. The average molecular weight is 240 g/mol. The monoisotopic (exact) mass is 240 g/mol. The quantitative estimate of drug-likeness (QED) is 0.536. The molecule has 88 valence electrons. The summed E-state index contributed by atoms with van der Waals surface area (Å²) in [5, 5.41) is 12.2. The molecule has 5 heteroatoms. The maximum atomic E-state index is 11.5. The van der Waals surface area contributed by atoms with E-state index in [-0.39, 0.29) is 11.7 Å². The summed E-state index contributed by atoms with van der Waals surface area (Å²) in [6.45, 7) is 2.46. The molecule has 16 heavy (non-hydrogen) atoms. The highest BCUT2D eigenvalue weighted by Crippen LogP contribution is 2.23. The summed E-state index contributed by atoms with van der Waals surface area (Å²) in [7, 11) is 0. The molecule has 0 saturated carbocycles. The molecule has 4 nitrogen and oxygen atoms in total. The fourth-order valence-corrected chi connectivity index (χ4v) is 1.75. The zero-order valence-corrected chi connectivity index (χ0v) is 10.0. The van der Waals surface area contributed by atoms with Crippen LogP contribution >= 0.6 is 11.8 Å². The van der Waals surface area contributed by atoms with Gasteiger partial charge in [0.25, 0.3) is 0 Å². The number of phenols is 1. The fraction of sp³-hybridized carbons (Fsp3) is 0.364. The molecule has 0 aliphatic rings. The van der Waals surface area contributed by atoms with Crippen LogP contribution in [-0.4, -0.2) is 29.1 Å². The normalized spacial score (nSPS) is 10.1. The number of nitrogens with two attached hydrogens (primary N) is 1. The van der Waals surface area contributed by atoms with E-state index in [9.17, 15) is 9.90 Å². The second kappa shape index (κ2) is 6.40. The number of anilines is 1. The van der Waals surface area contributed by atoms with E-state index in [1.54, 1.807) is 18.2 Å². The number of hydrogen-bond donors (Lipinski definition) is 3. The second-order valence-corrected chi connectivity index (χ2v) is 4.52. The van der Waals surface area contributed by atoms with Crippen molar-refractivity contribution in [1.29, 1.82) is 0 Å². The Bertz CT molecular complexity index is 369. The highest BCUT2D eigenvalue weighted by atomic mass is 32.2. The lowest BCUT2D eigenvalue weighted by atomic mass is 10.2. The van der Waals surface area contributed by atoms with Crippen LogP contribution in [-0.2, 0) is 4.79 Å². The van der Waals surface area contributed by atoms with Crippen molar-refractivity contribution in [3.63, 3.8) is 0 Å². The molecule has 0 atom stereocenters. The first-order chi connectivity index (χ1) is 7.63. The van der Waals surface area contributed by atoms with Gasteiger partial charge in [0.1, 0.15) is 5.75 Å². The summed E-state index contributed by atoms with van der Waals surface area (Å²) in [6, 6.07) is 5.09. The van der Waals surface area contributed by atoms with Crippen molar-refractivity contribution in [2.75, 3.05) is 23.4 Å². The van der Waals surface area contributed by atoms with Gasteiger partial charge in [-0.25, -0.2) is 0 Å². The molecule has 1 amide bonds. The molecule has 0 radical (unpaired) electrons. The first kappa shape index (κ1) is 12.9. The maximum Gasteiger partial charge on any atom is 0.234 e. The Balaban J connectivity index is 2.52. The van der Waals surface area contributed by atoms with Crippen molar-refractivity contribution in [1.82, 2.24) is 0 Å². The zero-order chi connectivity index (χ0) is 12.0. The van der Waals surface area contributed by atoms with Crippen LogP contribution in [0.2, 0.25) is 0 Å². The van der Waals surface area contributed by atoms with Gasteiger partial charge in [-0.3, -0.25) is 4.79 Å². The molecule has 1 aromatic rings. The predicted molar refractivity (Wildman–Crippen MR) is 67.9 cm³/mol. The summed E-state index contributed by atoms with van der Waals surface area (Å²) < 4.78 is 0. The number of amides is 1. The van der Waals surface area contributed by atoms with E-state index in [2.05, 4.69) is 5.32 Å². The smallest absolute Gasteiger partial charge is 0.234 e. The van der Waals surface area contributed by atoms with E-state index in [1.165, 1.54) is 11.8 Å². The van der Waals surface area contributed by atoms with Gasteiger partial charge in [0.2, 0.25) is 5.91 Å². The Morgan fingerprint density at radius 2 is 2.31 bits per heavy atom. The van der Waals surface area contributed by atoms with Crippen LogP contribution in [0.5, 0.6) is 5.75 Å². The van der Waals surface area contributed by atoms with Crippen LogP contribution < -0.4 is 11.1 Å². The first-order valence-electron chi connectivity index (χ1n) is 5.00. The minimum absolute atomic E-state index is 0.0859. The SMILES string of the molecule is Cc1ccc(O)c(NC(=O)CSCCN)c1. The van der Waals surface area contributed by atoms with E-state index >= 15 is 0 Å². The lowest BCUT2D eigenvalue weighted by Crippen LogP contribution is -2.15. The molecule has 0 fully saturated rings. The van der Waals surface area contributed by atoms with E-state index in [0.29, 0.717) is 18.0 Å². The summed E-state index contributed by atoms with van der Waals surface area (Å²) in [4.78, 5) is 11.5. The van der Waals surface area contributed by atoms with Crippen molar-refractivity contribution >= 4 is 23.4 Å². The van der Waals surface area contributed by atoms with Crippen LogP contribution in [0.25, 0.3) is 0 Å². The highest BCUT2D eigenvalue weighted by molar-refractivity contribution is 7.99. The number of carbonyl (C=O) groups is 1. The Morgan fingerprint density at radius 3 is 3.00 bits per heavy atom. The standard InChI is InChI=1S/C11H16N2O2S/c1-8-2-3-10(14)9(6-8)13-11(15)7-16-5-4-12/h2-3,6,14H,4-5,7,12H2,1H3,(H,13,15). The Hall–Kier alpha value is -1.20. The largest absolute Gasteiger partial charge is 0.506 e. The van der Waals surface area contributed by atoms with Crippen LogP contribution in [0, 0.1) is 6.92 Å². The van der Waals surface area contributed by atoms with E-state index in [4.69, 9.17) is 5.73 Å². The van der Waals surface area contributed by atoms with Gasteiger partial charge in [-0.2, -0.15) is 11.8 Å². The van der Waals surface area contributed by atoms with E-state index in [0.717, 1.165) is 11.3 Å². The second-order valence-electron chi connectivity index (χ2n) is 3.41. The topological polar surface area (TPSA) is 75.3 Å². The molecule has 4 N–H and O–H groups in total. The van der Waals surface area contributed by atoms with Gasteiger partial charge in [0.15, 0.2) is 0 Å². The number of nitrogens with one attached hydrogen (secondary N) is 1. The van der Waals surface area contributed by atoms with Gasteiger partial charge in [0.05, 0.1) is 11.4 Å². The summed E-state index contributed by atoms with van der Waals surface area (Å²) >= 11 is 1.47. The van der Waals surface area contributed by atoms with Gasteiger partial charge in [-0.05, 0) is 24.6 Å². The van der Waals surface area contributed by atoms with Crippen molar-refractivity contribution in [3.05, 3.63) is 23.8 Å².